The molecule has 0 aliphatic carbocycles. The van der Waals surface area contributed by atoms with Crippen molar-refractivity contribution in [3.63, 3.8) is 0 Å². The molecule has 0 aromatic carbocycles. The molecule has 0 unspecified atom stereocenters. The van der Waals surface area contributed by atoms with E-state index in [4.69, 9.17) is 21.6 Å². The predicted octanol–water partition coefficient (Wildman–Crippen LogP) is 3.32. The third kappa shape index (κ3) is 3.03. The maximum Gasteiger partial charge on any atom is 0.162 e. The molecular weight excluding hydrogens is 360 g/mol. The molecule has 1 N–H and O–H groups in total. The van der Waals surface area contributed by atoms with Crippen molar-refractivity contribution in [3.8, 4) is 11.4 Å². The van der Waals surface area contributed by atoms with E-state index < -0.39 is 0 Å². The van der Waals surface area contributed by atoms with E-state index in [1.165, 1.54) is 19.3 Å². The highest BCUT2D eigenvalue weighted by molar-refractivity contribution is 6.36. The van der Waals surface area contributed by atoms with Crippen molar-refractivity contribution in [2.75, 3.05) is 31.1 Å². The highest BCUT2D eigenvalue weighted by atomic mass is 35.5. The molecule has 2 saturated heterocycles. The number of hydrogen-bond acceptors (Lipinski definition) is 6. The monoisotopic (exact) mass is 380 g/mol. The SMILES string of the molecule is Clc1cncc2nc(-c3ccncc3)nc(N3CCC4(CCNC4)CC3)c12. The summed E-state index contributed by atoms with van der Waals surface area (Å²) < 4.78 is 0. The molecule has 1 spiro atoms. The van der Waals surface area contributed by atoms with Crippen molar-refractivity contribution in [1.82, 2.24) is 25.3 Å². The van der Waals surface area contributed by atoms with Crippen molar-refractivity contribution in [2.24, 2.45) is 5.41 Å². The number of pyridine rings is 2. The zero-order chi connectivity index (χ0) is 18.3. The molecule has 0 bridgehead atoms. The Kier molecular flexibility index (Phi) is 4.17. The second-order valence-corrected chi connectivity index (χ2v) is 7.94. The van der Waals surface area contributed by atoms with Crippen molar-refractivity contribution in [2.45, 2.75) is 19.3 Å². The summed E-state index contributed by atoms with van der Waals surface area (Å²) in [6, 6.07) is 3.86. The largest absolute Gasteiger partial charge is 0.356 e. The van der Waals surface area contributed by atoms with E-state index in [2.05, 4.69) is 20.2 Å². The standard InChI is InChI=1S/C20H21ClN6/c21-15-11-24-12-16-17(15)19(26-18(25-16)14-1-6-22-7-2-14)27-9-4-20(5-10-27)3-8-23-13-20/h1-2,6-7,11-12,23H,3-5,8-10,13H2. The quantitative estimate of drug-likeness (QED) is 0.735. The number of hydrogen-bond donors (Lipinski definition) is 1. The average molecular weight is 381 g/mol. The van der Waals surface area contributed by atoms with Gasteiger partial charge in [0.05, 0.1) is 22.1 Å². The Hall–Kier alpha value is -2.31. The highest BCUT2D eigenvalue weighted by Gasteiger charge is 2.37. The minimum atomic E-state index is 0.457. The number of rotatable bonds is 2. The molecule has 138 valence electrons. The molecule has 5 rings (SSSR count). The van der Waals surface area contributed by atoms with E-state index in [0.717, 1.165) is 48.5 Å². The third-order valence-corrected chi connectivity index (χ3v) is 6.22. The maximum absolute atomic E-state index is 6.51. The lowest BCUT2D eigenvalue weighted by Crippen LogP contribution is -2.41. The van der Waals surface area contributed by atoms with Crippen LogP contribution in [-0.2, 0) is 0 Å². The number of aromatic nitrogens is 4. The molecule has 0 radical (unpaired) electrons. The Morgan fingerprint density at radius 1 is 1.00 bits per heavy atom. The van der Waals surface area contributed by atoms with Crippen molar-refractivity contribution in [1.29, 1.82) is 0 Å². The molecule has 0 saturated carbocycles. The number of nitrogens with zero attached hydrogens (tertiary/aromatic N) is 5. The first-order valence-corrected chi connectivity index (χ1v) is 9.79. The summed E-state index contributed by atoms with van der Waals surface area (Å²) >= 11 is 6.51. The molecular formula is C20H21ClN6. The summed E-state index contributed by atoms with van der Waals surface area (Å²) in [5.74, 6) is 1.60. The molecule has 5 heterocycles. The van der Waals surface area contributed by atoms with Gasteiger partial charge in [-0.1, -0.05) is 11.6 Å². The molecule has 3 aromatic heterocycles. The lowest BCUT2D eigenvalue weighted by Gasteiger charge is -2.39. The molecule has 2 fully saturated rings. The van der Waals surface area contributed by atoms with Gasteiger partial charge in [0.25, 0.3) is 0 Å². The molecule has 2 aliphatic heterocycles. The number of anilines is 1. The van der Waals surface area contributed by atoms with Crippen LogP contribution in [0.25, 0.3) is 22.3 Å². The first-order chi connectivity index (χ1) is 13.2. The van der Waals surface area contributed by atoms with Crippen molar-refractivity contribution in [3.05, 3.63) is 41.9 Å². The number of halogens is 1. The Labute approximate surface area is 163 Å². The van der Waals surface area contributed by atoms with E-state index in [1.807, 2.05) is 12.1 Å². The lowest BCUT2D eigenvalue weighted by molar-refractivity contribution is 0.247. The van der Waals surface area contributed by atoms with E-state index in [1.54, 1.807) is 24.8 Å². The summed E-state index contributed by atoms with van der Waals surface area (Å²) in [7, 11) is 0. The summed E-state index contributed by atoms with van der Waals surface area (Å²) in [5.41, 5.74) is 2.18. The van der Waals surface area contributed by atoms with Gasteiger partial charge >= 0.3 is 0 Å². The third-order valence-electron chi connectivity index (χ3n) is 5.94. The molecule has 6 nitrogen and oxygen atoms in total. The Morgan fingerprint density at radius 3 is 2.56 bits per heavy atom. The van der Waals surface area contributed by atoms with Gasteiger partial charge in [-0.05, 0) is 43.4 Å². The van der Waals surface area contributed by atoms with Crippen molar-refractivity contribution >= 4 is 28.3 Å². The van der Waals surface area contributed by atoms with Crippen LogP contribution in [0.2, 0.25) is 5.02 Å². The van der Waals surface area contributed by atoms with Gasteiger partial charge in [0.15, 0.2) is 5.82 Å². The number of piperidine rings is 1. The first-order valence-electron chi connectivity index (χ1n) is 9.41. The van der Waals surface area contributed by atoms with Crippen LogP contribution in [0, 0.1) is 5.41 Å². The van der Waals surface area contributed by atoms with E-state index in [0.29, 0.717) is 16.3 Å². The molecule has 27 heavy (non-hydrogen) atoms. The minimum Gasteiger partial charge on any atom is -0.356 e. The minimum absolute atomic E-state index is 0.457. The molecule has 2 aliphatic rings. The molecule has 3 aromatic rings. The van der Waals surface area contributed by atoms with Crippen LogP contribution in [0.3, 0.4) is 0 Å². The number of nitrogens with one attached hydrogen (secondary N) is 1. The zero-order valence-corrected chi connectivity index (χ0v) is 15.8. The van der Waals surface area contributed by atoms with Crippen molar-refractivity contribution < 1.29 is 0 Å². The maximum atomic E-state index is 6.51. The fourth-order valence-corrected chi connectivity index (χ4v) is 4.54. The zero-order valence-electron chi connectivity index (χ0n) is 15.0. The average Bonchev–Trinajstić information content (AvgIpc) is 3.17. The van der Waals surface area contributed by atoms with Crippen LogP contribution >= 0.6 is 11.6 Å². The normalized spacial score (nSPS) is 19.1. The van der Waals surface area contributed by atoms with Crippen LogP contribution in [0.4, 0.5) is 5.82 Å². The molecule has 0 amide bonds. The van der Waals surface area contributed by atoms with Crippen LogP contribution in [0.5, 0.6) is 0 Å². The summed E-state index contributed by atoms with van der Waals surface area (Å²) in [6.07, 6.45) is 10.6. The van der Waals surface area contributed by atoms with Crippen LogP contribution in [0.1, 0.15) is 19.3 Å². The fraction of sp³-hybridized carbons (Fsp3) is 0.400. The van der Waals surface area contributed by atoms with E-state index >= 15 is 0 Å². The van der Waals surface area contributed by atoms with E-state index in [-0.39, 0.29) is 0 Å². The van der Waals surface area contributed by atoms with Crippen LogP contribution in [0.15, 0.2) is 36.9 Å². The summed E-state index contributed by atoms with van der Waals surface area (Å²) in [6.45, 7) is 4.25. The summed E-state index contributed by atoms with van der Waals surface area (Å²) in [5, 5.41) is 5.02. The van der Waals surface area contributed by atoms with Gasteiger partial charge in [0, 0.05) is 43.8 Å². The number of fused-ring (bicyclic) bond motifs is 1. The van der Waals surface area contributed by atoms with Crippen LogP contribution < -0.4 is 10.2 Å². The predicted molar refractivity (Wildman–Crippen MR) is 107 cm³/mol. The van der Waals surface area contributed by atoms with Gasteiger partial charge in [0.2, 0.25) is 0 Å². The molecule has 0 atom stereocenters. The van der Waals surface area contributed by atoms with Gasteiger partial charge in [-0.25, -0.2) is 9.97 Å². The summed E-state index contributed by atoms with van der Waals surface area (Å²) in [4.78, 5) is 20.3. The van der Waals surface area contributed by atoms with Gasteiger partial charge in [-0.15, -0.1) is 0 Å². The first kappa shape index (κ1) is 16.8. The Morgan fingerprint density at radius 2 is 1.81 bits per heavy atom. The van der Waals surface area contributed by atoms with Gasteiger partial charge in [-0.3, -0.25) is 9.97 Å². The Balaban J connectivity index is 1.58. The topological polar surface area (TPSA) is 66.8 Å². The second-order valence-electron chi connectivity index (χ2n) is 7.54. The van der Waals surface area contributed by atoms with Gasteiger partial charge in [-0.2, -0.15) is 0 Å². The van der Waals surface area contributed by atoms with E-state index in [9.17, 15) is 0 Å². The molecule has 7 heteroatoms. The smallest absolute Gasteiger partial charge is 0.162 e. The fourth-order valence-electron chi connectivity index (χ4n) is 4.30. The second kappa shape index (κ2) is 6.69. The van der Waals surface area contributed by atoms with Crippen LogP contribution in [-0.4, -0.2) is 46.1 Å². The lowest BCUT2D eigenvalue weighted by atomic mass is 9.78. The van der Waals surface area contributed by atoms with Gasteiger partial charge < -0.3 is 10.2 Å². The van der Waals surface area contributed by atoms with Gasteiger partial charge in [0.1, 0.15) is 5.82 Å². The highest BCUT2D eigenvalue weighted by Crippen LogP contribution is 2.40. The Bertz CT molecular complexity index is 961.